The Balaban J connectivity index is 2.05. The maximum Gasteiger partial charge on any atom is 0.234 e. The lowest BCUT2D eigenvalue weighted by Gasteiger charge is -2.38. The maximum atomic E-state index is 12.3. The van der Waals surface area contributed by atoms with Crippen molar-refractivity contribution < 1.29 is 14.7 Å². The van der Waals surface area contributed by atoms with Crippen LogP contribution in [0.1, 0.15) is 24.8 Å². The number of para-hydroxylation sites is 1. The summed E-state index contributed by atoms with van der Waals surface area (Å²) < 4.78 is 5.23. The van der Waals surface area contributed by atoms with E-state index in [1.54, 1.807) is 7.11 Å². The SMILES string of the molecule is COc1ccccc1CNC(=O)C1(/C(N)=N/O)CCC1. The molecule has 1 aromatic carbocycles. The fourth-order valence-corrected chi connectivity index (χ4v) is 2.42. The predicted octanol–water partition coefficient (Wildman–Crippen LogP) is 1.23. The molecular weight excluding hydrogens is 258 g/mol. The van der Waals surface area contributed by atoms with E-state index in [0.29, 0.717) is 19.4 Å². The van der Waals surface area contributed by atoms with Gasteiger partial charge in [-0.1, -0.05) is 29.8 Å². The number of carbonyl (C=O) groups is 1. The topological polar surface area (TPSA) is 96.9 Å². The van der Waals surface area contributed by atoms with Crippen molar-refractivity contribution in [3.63, 3.8) is 0 Å². The number of carbonyl (C=O) groups excluding carboxylic acids is 1. The van der Waals surface area contributed by atoms with Crippen molar-refractivity contribution in [1.29, 1.82) is 0 Å². The number of amides is 1. The van der Waals surface area contributed by atoms with Crippen LogP contribution in [0.3, 0.4) is 0 Å². The van der Waals surface area contributed by atoms with E-state index in [9.17, 15) is 4.79 Å². The molecule has 1 amide bonds. The molecule has 6 nitrogen and oxygen atoms in total. The zero-order valence-corrected chi connectivity index (χ0v) is 11.4. The minimum Gasteiger partial charge on any atom is -0.496 e. The smallest absolute Gasteiger partial charge is 0.234 e. The van der Waals surface area contributed by atoms with E-state index in [2.05, 4.69) is 10.5 Å². The summed E-state index contributed by atoms with van der Waals surface area (Å²) in [5, 5.41) is 14.7. The monoisotopic (exact) mass is 277 g/mol. The van der Waals surface area contributed by atoms with Gasteiger partial charge in [0.15, 0.2) is 5.84 Å². The van der Waals surface area contributed by atoms with Gasteiger partial charge in [-0.25, -0.2) is 0 Å². The van der Waals surface area contributed by atoms with Gasteiger partial charge in [0.2, 0.25) is 5.91 Å². The summed E-state index contributed by atoms with van der Waals surface area (Å²) in [6.45, 7) is 0.351. The lowest BCUT2D eigenvalue weighted by molar-refractivity contribution is -0.131. The Morgan fingerprint density at radius 1 is 1.50 bits per heavy atom. The number of hydrogen-bond acceptors (Lipinski definition) is 4. The molecule has 1 aliphatic rings. The van der Waals surface area contributed by atoms with Gasteiger partial charge in [-0.3, -0.25) is 4.79 Å². The van der Waals surface area contributed by atoms with Crippen LogP contribution in [-0.2, 0) is 11.3 Å². The van der Waals surface area contributed by atoms with Crippen molar-refractivity contribution in [2.45, 2.75) is 25.8 Å². The molecule has 0 aromatic heterocycles. The molecule has 0 saturated heterocycles. The Kier molecular flexibility index (Phi) is 4.12. The van der Waals surface area contributed by atoms with E-state index in [0.717, 1.165) is 17.7 Å². The predicted molar refractivity (Wildman–Crippen MR) is 74.5 cm³/mol. The molecule has 0 spiro atoms. The largest absolute Gasteiger partial charge is 0.496 e. The van der Waals surface area contributed by atoms with Gasteiger partial charge in [-0.2, -0.15) is 0 Å². The maximum absolute atomic E-state index is 12.3. The Labute approximate surface area is 117 Å². The molecule has 2 rings (SSSR count). The van der Waals surface area contributed by atoms with Crippen LogP contribution in [0.25, 0.3) is 0 Å². The van der Waals surface area contributed by atoms with E-state index in [1.165, 1.54) is 0 Å². The average Bonchev–Trinajstić information content (AvgIpc) is 2.43. The minimum atomic E-state index is -0.850. The molecule has 0 radical (unpaired) electrons. The first-order valence-electron chi connectivity index (χ1n) is 6.52. The van der Waals surface area contributed by atoms with Crippen molar-refractivity contribution >= 4 is 11.7 Å². The zero-order chi connectivity index (χ0) is 14.6. The number of amidine groups is 1. The van der Waals surface area contributed by atoms with Crippen LogP contribution in [0, 0.1) is 5.41 Å². The summed E-state index contributed by atoms with van der Waals surface area (Å²) >= 11 is 0. The first-order chi connectivity index (χ1) is 9.64. The lowest BCUT2D eigenvalue weighted by atomic mass is 9.67. The zero-order valence-electron chi connectivity index (χ0n) is 11.4. The highest BCUT2D eigenvalue weighted by Crippen LogP contribution is 2.41. The van der Waals surface area contributed by atoms with Crippen molar-refractivity contribution in [3.8, 4) is 5.75 Å². The van der Waals surface area contributed by atoms with E-state index >= 15 is 0 Å². The highest BCUT2D eigenvalue weighted by molar-refractivity contribution is 6.07. The van der Waals surface area contributed by atoms with Gasteiger partial charge < -0.3 is 21.0 Å². The quantitative estimate of drug-likeness (QED) is 0.326. The summed E-state index contributed by atoms with van der Waals surface area (Å²) in [6.07, 6.45) is 2.12. The highest BCUT2D eigenvalue weighted by atomic mass is 16.5. The third kappa shape index (κ3) is 2.41. The molecule has 1 aromatic rings. The molecule has 0 heterocycles. The number of nitrogens with two attached hydrogens (primary N) is 1. The minimum absolute atomic E-state index is 0.0127. The average molecular weight is 277 g/mol. The summed E-state index contributed by atoms with van der Waals surface area (Å²) in [5.74, 6) is 0.505. The van der Waals surface area contributed by atoms with Crippen LogP contribution in [0.4, 0.5) is 0 Å². The number of methoxy groups -OCH3 is 1. The van der Waals surface area contributed by atoms with Crippen molar-refractivity contribution in [2.75, 3.05) is 7.11 Å². The van der Waals surface area contributed by atoms with Gasteiger partial charge in [-0.15, -0.1) is 0 Å². The molecule has 0 aliphatic heterocycles. The van der Waals surface area contributed by atoms with E-state index in [1.807, 2.05) is 24.3 Å². The van der Waals surface area contributed by atoms with Crippen molar-refractivity contribution in [2.24, 2.45) is 16.3 Å². The van der Waals surface area contributed by atoms with Crippen LogP contribution in [0.15, 0.2) is 29.4 Å². The Morgan fingerprint density at radius 2 is 2.20 bits per heavy atom. The molecule has 108 valence electrons. The van der Waals surface area contributed by atoms with E-state index in [-0.39, 0.29) is 11.7 Å². The summed E-state index contributed by atoms with van der Waals surface area (Å²) in [7, 11) is 1.59. The van der Waals surface area contributed by atoms with Gasteiger partial charge in [0.1, 0.15) is 11.2 Å². The molecule has 1 aliphatic carbocycles. The number of ether oxygens (including phenoxy) is 1. The summed E-state index contributed by atoms with van der Waals surface area (Å²) in [5.41, 5.74) is 5.69. The molecule has 0 unspecified atom stereocenters. The van der Waals surface area contributed by atoms with E-state index in [4.69, 9.17) is 15.7 Å². The summed E-state index contributed by atoms with van der Waals surface area (Å²) in [4.78, 5) is 12.3. The summed E-state index contributed by atoms with van der Waals surface area (Å²) in [6, 6.07) is 7.47. The number of nitrogens with one attached hydrogen (secondary N) is 1. The Bertz CT molecular complexity index is 524. The Hall–Kier alpha value is -2.24. The van der Waals surface area contributed by atoms with E-state index < -0.39 is 5.41 Å². The third-order valence-corrected chi connectivity index (χ3v) is 3.87. The second-order valence-corrected chi connectivity index (χ2v) is 4.92. The highest BCUT2D eigenvalue weighted by Gasteiger charge is 2.48. The fourth-order valence-electron chi connectivity index (χ4n) is 2.42. The normalized spacial score (nSPS) is 17.1. The number of nitrogens with zero attached hydrogens (tertiary/aromatic N) is 1. The van der Waals surface area contributed by atoms with Gasteiger partial charge in [-0.05, 0) is 18.9 Å². The number of benzene rings is 1. The first-order valence-corrected chi connectivity index (χ1v) is 6.52. The number of oxime groups is 1. The van der Waals surface area contributed by atoms with Gasteiger partial charge in [0.05, 0.1) is 7.11 Å². The van der Waals surface area contributed by atoms with Gasteiger partial charge >= 0.3 is 0 Å². The molecular formula is C14H19N3O3. The number of rotatable bonds is 5. The van der Waals surface area contributed by atoms with Crippen LogP contribution in [0.5, 0.6) is 5.75 Å². The van der Waals surface area contributed by atoms with Crippen LogP contribution >= 0.6 is 0 Å². The second-order valence-electron chi connectivity index (χ2n) is 4.92. The van der Waals surface area contributed by atoms with Crippen molar-refractivity contribution in [1.82, 2.24) is 5.32 Å². The molecule has 20 heavy (non-hydrogen) atoms. The van der Waals surface area contributed by atoms with Crippen molar-refractivity contribution in [3.05, 3.63) is 29.8 Å². The fraction of sp³-hybridized carbons (Fsp3) is 0.429. The molecule has 4 N–H and O–H groups in total. The molecule has 0 atom stereocenters. The second kappa shape index (κ2) is 5.81. The van der Waals surface area contributed by atoms with Crippen LogP contribution in [-0.4, -0.2) is 24.1 Å². The molecule has 6 heteroatoms. The van der Waals surface area contributed by atoms with Crippen LogP contribution in [0.2, 0.25) is 0 Å². The molecule has 1 saturated carbocycles. The first kappa shape index (κ1) is 14.2. The molecule has 1 fully saturated rings. The van der Waals surface area contributed by atoms with Gasteiger partial charge in [0.25, 0.3) is 0 Å². The Morgan fingerprint density at radius 3 is 2.75 bits per heavy atom. The molecule has 0 bridgehead atoms. The van der Waals surface area contributed by atoms with Crippen LogP contribution < -0.4 is 15.8 Å². The van der Waals surface area contributed by atoms with Gasteiger partial charge in [0, 0.05) is 12.1 Å². The lowest BCUT2D eigenvalue weighted by Crippen LogP contribution is -2.53. The number of hydrogen-bond donors (Lipinski definition) is 3. The third-order valence-electron chi connectivity index (χ3n) is 3.87. The standard InChI is InChI=1S/C14H19N3O3/c1-20-11-6-3-2-5-10(11)9-16-13(18)14(7-4-8-14)12(15)17-19/h2-3,5-6,19H,4,7-9H2,1H3,(H2,15,17)(H,16,18).